The van der Waals surface area contributed by atoms with Crippen molar-refractivity contribution in [2.45, 2.75) is 13.1 Å². The van der Waals surface area contributed by atoms with Crippen molar-refractivity contribution in [2.75, 3.05) is 13.2 Å². The predicted molar refractivity (Wildman–Crippen MR) is 81.0 cm³/mol. The van der Waals surface area contributed by atoms with Crippen LogP contribution in [-0.4, -0.2) is 24.1 Å². The average molecular weight is 282 g/mol. The molecule has 0 aromatic heterocycles. The Morgan fingerprint density at radius 1 is 1.10 bits per heavy atom. The molecule has 0 radical (unpaired) electrons. The molecule has 21 heavy (non-hydrogen) atoms. The van der Waals surface area contributed by atoms with E-state index in [9.17, 15) is 4.79 Å². The maximum Gasteiger partial charge on any atom is 0.318 e. The fourth-order valence-electron chi connectivity index (χ4n) is 2.38. The molecule has 1 heterocycles. The standard InChI is InChI=1S/C17H18N2O2/c20-17(18-12-14-6-2-1-3-7-14)19-10-11-21-16-9-5-4-8-15(16)13-19/h1-9H,10-13H2,(H,18,20). The van der Waals surface area contributed by atoms with Gasteiger partial charge in [-0.05, 0) is 11.6 Å². The molecular weight excluding hydrogens is 264 g/mol. The summed E-state index contributed by atoms with van der Waals surface area (Å²) in [4.78, 5) is 14.1. The zero-order valence-electron chi connectivity index (χ0n) is 11.8. The van der Waals surface area contributed by atoms with Crippen molar-refractivity contribution in [1.29, 1.82) is 0 Å². The van der Waals surface area contributed by atoms with Crippen LogP contribution < -0.4 is 10.1 Å². The number of ether oxygens (including phenoxy) is 1. The molecule has 2 amide bonds. The SMILES string of the molecule is O=C(NCc1ccccc1)N1CCOc2ccccc2C1. The molecule has 2 aromatic carbocycles. The highest BCUT2D eigenvalue weighted by atomic mass is 16.5. The van der Waals surface area contributed by atoms with Crippen LogP contribution in [0.3, 0.4) is 0 Å². The number of para-hydroxylation sites is 1. The van der Waals surface area contributed by atoms with Gasteiger partial charge in [-0.1, -0.05) is 48.5 Å². The number of carbonyl (C=O) groups is 1. The van der Waals surface area contributed by atoms with Gasteiger partial charge in [0, 0.05) is 12.1 Å². The van der Waals surface area contributed by atoms with Gasteiger partial charge in [0.25, 0.3) is 0 Å². The van der Waals surface area contributed by atoms with Crippen LogP contribution in [0.2, 0.25) is 0 Å². The molecule has 2 aromatic rings. The maximum absolute atomic E-state index is 12.3. The molecule has 0 saturated carbocycles. The van der Waals surface area contributed by atoms with Crippen molar-refractivity contribution in [3.05, 3.63) is 65.7 Å². The molecule has 3 rings (SSSR count). The summed E-state index contributed by atoms with van der Waals surface area (Å²) in [7, 11) is 0. The summed E-state index contributed by atoms with van der Waals surface area (Å²) in [5, 5.41) is 2.96. The number of rotatable bonds is 2. The number of nitrogens with one attached hydrogen (secondary N) is 1. The second kappa shape index (κ2) is 6.31. The zero-order valence-corrected chi connectivity index (χ0v) is 11.8. The molecule has 0 spiro atoms. The zero-order chi connectivity index (χ0) is 14.5. The van der Waals surface area contributed by atoms with Gasteiger partial charge in [-0.15, -0.1) is 0 Å². The molecule has 1 aliphatic heterocycles. The van der Waals surface area contributed by atoms with E-state index >= 15 is 0 Å². The molecule has 108 valence electrons. The fourth-order valence-corrected chi connectivity index (χ4v) is 2.38. The second-order valence-electron chi connectivity index (χ2n) is 5.02. The maximum atomic E-state index is 12.3. The first-order valence-corrected chi connectivity index (χ1v) is 7.10. The van der Waals surface area contributed by atoms with E-state index in [0.717, 1.165) is 16.9 Å². The normalized spacial score (nSPS) is 13.8. The summed E-state index contributed by atoms with van der Waals surface area (Å²) < 4.78 is 5.67. The minimum atomic E-state index is -0.0563. The van der Waals surface area contributed by atoms with E-state index < -0.39 is 0 Å². The van der Waals surface area contributed by atoms with Crippen LogP contribution in [0.15, 0.2) is 54.6 Å². The van der Waals surface area contributed by atoms with E-state index in [1.807, 2.05) is 54.6 Å². The highest BCUT2D eigenvalue weighted by Crippen LogP contribution is 2.22. The van der Waals surface area contributed by atoms with Crippen LogP contribution in [-0.2, 0) is 13.1 Å². The number of carbonyl (C=O) groups excluding carboxylic acids is 1. The molecule has 0 bridgehead atoms. The lowest BCUT2D eigenvalue weighted by atomic mass is 10.2. The first-order chi connectivity index (χ1) is 10.3. The number of hydrogen-bond acceptors (Lipinski definition) is 2. The van der Waals surface area contributed by atoms with E-state index in [2.05, 4.69) is 5.32 Å². The molecular formula is C17H18N2O2. The van der Waals surface area contributed by atoms with E-state index in [0.29, 0.717) is 26.2 Å². The lowest BCUT2D eigenvalue weighted by Crippen LogP contribution is -2.40. The van der Waals surface area contributed by atoms with Crippen molar-refractivity contribution in [3.63, 3.8) is 0 Å². The van der Waals surface area contributed by atoms with Crippen molar-refractivity contribution in [3.8, 4) is 5.75 Å². The number of hydrogen-bond donors (Lipinski definition) is 1. The number of fused-ring (bicyclic) bond motifs is 1. The van der Waals surface area contributed by atoms with Crippen molar-refractivity contribution in [2.24, 2.45) is 0 Å². The number of amides is 2. The average Bonchev–Trinajstić information content (AvgIpc) is 2.76. The molecule has 4 heteroatoms. The van der Waals surface area contributed by atoms with Gasteiger partial charge >= 0.3 is 6.03 Å². The Kier molecular flexibility index (Phi) is 4.05. The number of nitrogens with zero attached hydrogens (tertiary/aromatic N) is 1. The second-order valence-corrected chi connectivity index (χ2v) is 5.02. The van der Waals surface area contributed by atoms with Crippen LogP contribution in [0.1, 0.15) is 11.1 Å². The Bertz CT molecular complexity index is 613. The number of urea groups is 1. The molecule has 4 nitrogen and oxygen atoms in total. The monoisotopic (exact) mass is 282 g/mol. The van der Waals surface area contributed by atoms with Crippen LogP contribution in [0.4, 0.5) is 4.79 Å². The smallest absolute Gasteiger partial charge is 0.318 e. The van der Waals surface area contributed by atoms with Crippen molar-refractivity contribution < 1.29 is 9.53 Å². The van der Waals surface area contributed by atoms with Crippen LogP contribution >= 0.6 is 0 Å². The number of benzene rings is 2. The fraction of sp³-hybridized carbons (Fsp3) is 0.235. The highest BCUT2D eigenvalue weighted by molar-refractivity contribution is 5.74. The Labute approximate surface area is 124 Å². The third-order valence-corrected chi connectivity index (χ3v) is 3.53. The largest absolute Gasteiger partial charge is 0.491 e. The Morgan fingerprint density at radius 3 is 2.71 bits per heavy atom. The van der Waals surface area contributed by atoms with Crippen LogP contribution in [0, 0.1) is 0 Å². The molecule has 0 fully saturated rings. The Balaban J connectivity index is 1.63. The summed E-state index contributed by atoms with van der Waals surface area (Å²) >= 11 is 0. The van der Waals surface area contributed by atoms with Gasteiger partial charge in [-0.3, -0.25) is 0 Å². The summed E-state index contributed by atoms with van der Waals surface area (Å²) in [5.41, 5.74) is 2.14. The molecule has 0 unspecified atom stereocenters. The molecule has 0 saturated heterocycles. The minimum Gasteiger partial charge on any atom is -0.491 e. The molecule has 0 atom stereocenters. The van der Waals surface area contributed by atoms with E-state index in [1.54, 1.807) is 4.90 Å². The molecule has 1 N–H and O–H groups in total. The third kappa shape index (κ3) is 3.34. The minimum absolute atomic E-state index is 0.0563. The van der Waals surface area contributed by atoms with Gasteiger partial charge in [0.05, 0.1) is 13.1 Å². The lowest BCUT2D eigenvalue weighted by molar-refractivity contribution is 0.187. The van der Waals surface area contributed by atoms with Gasteiger partial charge in [-0.25, -0.2) is 4.79 Å². The summed E-state index contributed by atoms with van der Waals surface area (Å²) in [6.07, 6.45) is 0. The lowest BCUT2D eigenvalue weighted by Gasteiger charge is -2.20. The molecule has 1 aliphatic rings. The summed E-state index contributed by atoms with van der Waals surface area (Å²) in [6, 6.07) is 17.7. The first-order valence-electron chi connectivity index (χ1n) is 7.10. The van der Waals surface area contributed by atoms with Gasteiger partial charge in [0.15, 0.2) is 0 Å². The Morgan fingerprint density at radius 2 is 1.86 bits per heavy atom. The van der Waals surface area contributed by atoms with Gasteiger partial charge < -0.3 is 15.0 Å². The van der Waals surface area contributed by atoms with Gasteiger partial charge in [0.1, 0.15) is 12.4 Å². The molecule has 0 aliphatic carbocycles. The summed E-state index contributed by atoms with van der Waals surface area (Å²) in [5.74, 6) is 0.871. The van der Waals surface area contributed by atoms with Crippen LogP contribution in [0.5, 0.6) is 5.75 Å². The Hall–Kier alpha value is -2.49. The quantitative estimate of drug-likeness (QED) is 0.920. The summed E-state index contributed by atoms with van der Waals surface area (Å²) in [6.45, 7) is 2.24. The van der Waals surface area contributed by atoms with Crippen molar-refractivity contribution >= 4 is 6.03 Å². The highest BCUT2D eigenvalue weighted by Gasteiger charge is 2.19. The van der Waals surface area contributed by atoms with Gasteiger partial charge in [-0.2, -0.15) is 0 Å². The van der Waals surface area contributed by atoms with E-state index in [1.165, 1.54) is 0 Å². The van der Waals surface area contributed by atoms with E-state index in [4.69, 9.17) is 4.74 Å². The predicted octanol–water partition coefficient (Wildman–Crippen LogP) is 2.79. The first kappa shape index (κ1) is 13.5. The van der Waals surface area contributed by atoms with Crippen molar-refractivity contribution in [1.82, 2.24) is 10.2 Å². The van der Waals surface area contributed by atoms with Crippen LogP contribution in [0.25, 0.3) is 0 Å². The third-order valence-electron chi connectivity index (χ3n) is 3.53. The van der Waals surface area contributed by atoms with Gasteiger partial charge in [0.2, 0.25) is 0 Å². The topological polar surface area (TPSA) is 41.6 Å². The van der Waals surface area contributed by atoms with E-state index in [-0.39, 0.29) is 6.03 Å².